The molecule has 1 saturated heterocycles. The summed E-state index contributed by atoms with van der Waals surface area (Å²) in [6.45, 7) is 5.41. The van der Waals surface area contributed by atoms with E-state index in [1.54, 1.807) is 0 Å². The summed E-state index contributed by atoms with van der Waals surface area (Å²) in [5.74, 6) is 0.210. The molecule has 0 aromatic rings. The zero-order valence-corrected chi connectivity index (χ0v) is 12.6. The third-order valence-electron chi connectivity index (χ3n) is 3.40. The summed E-state index contributed by atoms with van der Waals surface area (Å²) in [5.41, 5.74) is -1.75. The molecule has 0 spiro atoms. The molecule has 3 N–H and O–H groups in total. The van der Waals surface area contributed by atoms with Gasteiger partial charge in [-0.05, 0) is 31.2 Å². The highest BCUT2D eigenvalue weighted by molar-refractivity contribution is 5.86. The Kier molecular flexibility index (Phi) is 8.54. The highest BCUT2D eigenvalue weighted by Gasteiger charge is 2.41. The molecule has 0 saturated carbocycles. The monoisotopic (exact) mass is 296 g/mol. The van der Waals surface area contributed by atoms with Gasteiger partial charge in [0.1, 0.15) is 0 Å². The summed E-state index contributed by atoms with van der Waals surface area (Å²) in [5, 5.41) is 14.5. The van der Waals surface area contributed by atoms with E-state index in [-0.39, 0.29) is 37.9 Å². The molecule has 0 radical (unpaired) electrons. The Bertz CT molecular complexity index is 271. The van der Waals surface area contributed by atoms with Gasteiger partial charge < -0.3 is 15.7 Å². The molecule has 2 unspecified atom stereocenters. The number of carbonyl (C=O) groups excluding carboxylic acids is 1. The number of hydrogen-bond acceptors (Lipinski definition) is 3. The van der Waals surface area contributed by atoms with Gasteiger partial charge in [-0.1, -0.05) is 13.8 Å². The minimum atomic E-state index is -1.75. The summed E-state index contributed by atoms with van der Waals surface area (Å²) < 4.78 is 14.1. The molecule has 2 atom stereocenters. The van der Waals surface area contributed by atoms with E-state index in [0.717, 1.165) is 6.42 Å². The topological polar surface area (TPSA) is 61.4 Å². The normalized spacial score (nSPS) is 24.1. The van der Waals surface area contributed by atoms with Crippen molar-refractivity contribution in [3.8, 4) is 0 Å². The fourth-order valence-electron chi connectivity index (χ4n) is 2.40. The van der Waals surface area contributed by atoms with E-state index in [9.17, 15) is 9.18 Å². The van der Waals surface area contributed by atoms with Crippen molar-refractivity contribution >= 4 is 18.3 Å². The fourth-order valence-corrected chi connectivity index (χ4v) is 2.40. The summed E-state index contributed by atoms with van der Waals surface area (Å²) in [6, 6.07) is 0. The lowest BCUT2D eigenvalue weighted by atomic mass is 9.94. The van der Waals surface area contributed by atoms with E-state index < -0.39 is 11.6 Å². The second kappa shape index (κ2) is 8.72. The van der Waals surface area contributed by atoms with Crippen LogP contribution in [0.5, 0.6) is 0 Å². The molecule has 1 amide bonds. The van der Waals surface area contributed by atoms with Crippen LogP contribution in [0.4, 0.5) is 4.39 Å². The number of aliphatic hydroxyl groups excluding tert-OH is 1. The first kappa shape index (κ1) is 18.6. The molecule has 0 aromatic carbocycles. The smallest absolute Gasteiger partial charge is 0.259 e. The summed E-state index contributed by atoms with van der Waals surface area (Å²) in [7, 11) is 0. The molecule has 114 valence electrons. The van der Waals surface area contributed by atoms with Gasteiger partial charge in [0.25, 0.3) is 5.91 Å². The van der Waals surface area contributed by atoms with Crippen LogP contribution in [-0.2, 0) is 4.79 Å². The predicted octanol–water partition coefficient (Wildman–Crippen LogP) is 1.27. The largest absolute Gasteiger partial charge is 0.396 e. The molecule has 0 aromatic heterocycles. The van der Waals surface area contributed by atoms with Crippen LogP contribution in [0.25, 0.3) is 0 Å². The molecule has 0 bridgehead atoms. The number of amides is 1. The van der Waals surface area contributed by atoms with Crippen molar-refractivity contribution in [3.63, 3.8) is 0 Å². The number of halogens is 2. The van der Waals surface area contributed by atoms with Crippen LogP contribution in [0, 0.1) is 11.8 Å². The van der Waals surface area contributed by atoms with Gasteiger partial charge in [0.05, 0.1) is 0 Å². The number of carbonyl (C=O) groups is 1. The van der Waals surface area contributed by atoms with Gasteiger partial charge >= 0.3 is 0 Å². The van der Waals surface area contributed by atoms with Crippen molar-refractivity contribution in [2.24, 2.45) is 11.8 Å². The van der Waals surface area contributed by atoms with E-state index in [1.165, 1.54) is 0 Å². The molecule has 19 heavy (non-hydrogen) atoms. The lowest BCUT2D eigenvalue weighted by Gasteiger charge is -2.22. The Morgan fingerprint density at radius 3 is 2.68 bits per heavy atom. The highest BCUT2D eigenvalue weighted by atomic mass is 35.5. The van der Waals surface area contributed by atoms with Crippen molar-refractivity contribution in [2.45, 2.75) is 38.8 Å². The molecule has 6 heteroatoms. The number of hydrogen-bond donors (Lipinski definition) is 3. The average molecular weight is 297 g/mol. The molecule has 1 aliphatic rings. The van der Waals surface area contributed by atoms with Crippen LogP contribution in [-0.4, -0.2) is 42.9 Å². The zero-order chi connectivity index (χ0) is 13.6. The number of aliphatic hydroxyl groups is 1. The average Bonchev–Trinajstić information content (AvgIpc) is 2.73. The first-order valence-corrected chi connectivity index (χ1v) is 6.76. The van der Waals surface area contributed by atoms with Crippen LogP contribution in [0.3, 0.4) is 0 Å². The second-order valence-electron chi connectivity index (χ2n) is 5.61. The zero-order valence-electron chi connectivity index (χ0n) is 11.7. The van der Waals surface area contributed by atoms with Crippen molar-refractivity contribution in [2.75, 3.05) is 26.2 Å². The molecular formula is C13H26ClFN2O2. The lowest BCUT2D eigenvalue weighted by Crippen LogP contribution is -2.46. The Morgan fingerprint density at radius 1 is 1.53 bits per heavy atom. The van der Waals surface area contributed by atoms with Gasteiger partial charge in [0.15, 0.2) is 0 Å². The maximum atomic E-state index is 14.1. The summed E-state index contributed by atoms with van der Waals surface area (Å²) in [6.07, 6.45) is 1.82. The van der Waals surface area contributed by atoms with Crippen molar-refractivity contribution in [1.29, 1.82) is 0 Å². The van der Waals surface area contributed by atoms with E-state index in [2.05, 4.69) is 24.5 Å². The molecule has 1 aliphatic heterocycles. The van der Waals surface area contributed by atoms with Gasteiger partial charge in [-0.15, -0.1) is 12.4 Å². The molecule has 0 aliphatic carbocycles. The molecular weight excluding hydrogens is 271 g/mol. The number of rotatable bonds is 7. The Hall–Kier alpha value is -0.390. The van der Waals surface area contributed by atoms with Crippen molar-refractivity contribution < 1.29 is 14.3 Å². The summed E-state index contributed by atoms with van der Waals surface area (Å²) >= 11 is 0. The quantitative estimate of drug-likeness (QED) is 0.663. The Labute approximate surface area is 120 Å². The molecule has 4 nitrogen and oxygen atoms in total. The standard InChI is InChI=1S/C13H25FN2O2.ClH/c1-10(2)7-11(3-6-17)8-16-12(18)13(14)4-5-15-9-13;/h10-11,15,17H,3-9H2,1-2H3,(H,16,18);1H. The Balaban J connectivity index is 0.00000324. The summed E-state index contributed by atoms with van der Waals surface area (Å²) in [4.78, 5) is 11.8. The fraction of sp³-hybridized carbons (Fsp3) is 0.923. The van der Waals surface area contributed by atoms with E-state index in [1.807, 2.05) is 0 Å². The van der Waals surface area contributed by atoms with Crippen LogP contribution in [0.2, 0.25) is 0 Å². The van der Waals surface area contributed by atoms with Gasteiger partial charge in [0.2, 0.25) is 5.67 Å². The SMILES string of the molecule is CC(C)CC(CCO)CNC(=O)C1(F)CCNC1.Cl. The maximum absolute atomic E-state index is 14.1. The second-order valence-corrected chi connectivity index (χ2v) is 5.61. The van der Waals surface area contributed by atoms with Crippen molar-refractivity contribution in [3.05, 3.63) is 0 Å². The van der Waals surface area contributed by atoms with E-state index >= 15 is 0 Å². The Morgan fingerprint density at radius 2 is 2.21 bits per heavy atom. The highest BCUT2D eigenvalue weighted by Crippen LogP contribution is 2.20. The number of alkyl halides is 1. The lowest BCUT2D eigenvalue weighted by molar-refractivity contribution is -0.131. The van der Waals surface area contributed by atoms with E-state index in [0.29, 0.717) is 25.4 Å². The maximum Gasteiger partial charge on any atom is 0.259 e. The minimum Gasteiger partial charge on any atom is -0.396 e. The minimum absolute atomic E-state index is 0. The van der Waals surface area contributed by atoms with Crippen LogP contribution in [0.1, 0.15) is 33.1 Å². The van der Waals surface area contributed by atoms with Gasteiger partial charge in [0, 0.05) is 26.1 Å². The molecule has 1 fully saturated rings. The molecule has 1 rings (SSSR count). The van der Waals surface area contributed by atoms with Crippen LogP contribution in [0.15, 0.2) is 0 Å². The third-order valence-corrected chi connectivity index (χ3v) is 3.40. The number of nitrogens with one attached hydrogen (secondary N) is 2. The van der Waals surface area contributed by atoms with Crippen LogP contribution >= 0.6 is 12.4 Å². The van der Waals surface area contributed by atoms with E-state index in [4.69, 9.17) is 5.11 Å². The van der Waals surface area contributed by atoms with Gasteiger partial charge in [-0.2, -0.15) is 0 Å². The first-order valence-electron chi connectivity index (χ1n) is 6.76. The van der Waals surface area contributed by atoms with Crippen molar-refractivity contribution in [1.82, 2.24) is 10.6 Å². The molecule has 1 heterocycles. The van der Waals surface area contributed by atoms with Crippen LogP contribution < -0.4 is 10.6 Å². The van der Waals surface area contributed by atoms with Gasteiger partial charge in [-0.3, -0.25) is 4.79 Å². The predicted molar refractivity (Wildman–Crippen MR) is 76.2 cm³/mol. The van der Waals surface area contributed by atoms with Gasteiger partial charge in [-0.25, -0.2) is 4.39 Å². The third kappa shape index (κ3) is 6.06. The first-order chi connectivity index (χ1) is 8.48.